The van der Waals surface area contributed by atoms with Gasteiger partial charge >= 0.3 is 6.09 Å². The molecule has 8 heteroatoms. The maximum absolute atomic E-state index is 11.6. The van der Waals surface area contributed by atoms with Crippen molar-refractivity contribution in [3.8, 4) is 6.07 Å². The van der Waals surface area contributed by atoms with Gasteiger partial charge in [-0.3, -0.25) is 4.68 Å². The summed E-state index contributed by atoms with van der Waals surface area (Å²) in [6.45, 7) is 7.22. The second kappa shape index (κ2) is 8.13. The maximum atomic E-state index is 11.6. The highest BCUT2D eigenvalue weighted by Gasteiger charge is 2.15. The number of hydrogen-bond acceptors (Lipinski definition) is 5. The summed E-state index contributed by atoms with van der Waals surface area (Å²) in [4.78, 5) is 11.6. The lowest BCUT2D eigenvalue weighted by atomic mass is 10.2. The number of benzene rings is 1. The Morgan fingerprint density at radius 2 is 2.14 bits per heavy atom. The Morgan fingerprint density at radius 3 is 2.89 bits per heavy atom. The van der Waals surface area contributed by atoms with Crippen molar-refractivity contribution in [2.45, 2.75) is 45.9 Å². The highest BCUT2D eigenvalue weighted by atomic mass is 16.6. The minimum absolute atomic E-state index is 0.414. The average molecular weight is 380 g/mol. The molecule has 1 N–H and O–H groups in total. The molecule has 0 atom stereocenters. The lowest BCUT2D eigenvalue weighted by Gasteiger charge is -2.19. The molecule has 0 bridgehead atoms. The fourth-order valence-electron chi connectivity index (χ4n) is 2.83. The normalized spacial score (nSPS) is 11.4. The van der Waals surface area contributed by atoms with Gasteiger partial charge in [0.2, 0.25) is 0 Å². The van der Waals surface area contributed by atoms with Crippen LogP contribution in [0.15, 0.2) is 36.7 Å². The molecule has 146 valence electrons. The molecule has 0 saturated carbocycles. The quantitative estimate of drug-likeness (QED) is 0.663. The molecule has 0 aliphatic rings. The molecule has 0 spiro atoms. The third-order valence-electron chi connectivity index (χ3n) is 4.05. The molecule has 2 aromatic heterocycles. The first-order valence-corrected chi connectivity index (χ1v) is 9.19. The third kappa shape index (κ3) is 5.10. The molecule has 1 amide bonds. The van der Waals surface area contributed by atoms with E-state index in [4.69, 9.17) is 10.00 Å². The van der Waals surface area contributed by atoms with Gasteiger partial charge in [0.25, 0.3) is 0 Å². The number of nitrogens with one attached hydrogen (secondary N) is 1. The number of nitrogens with zero attached hydrogens (tertiary/aromatic N) is 5. The standard InChI is InChI=1S/C20H24N6O2/c1-20(2,3)28-19(27)22-8-4-9-26-14-17(23-24-26)13-25-10-7-16-6-5-15(12-21)11-18(16)25/h5-7,10-11,14H,4,8-9,13H2,1-3H3,(H,22,27). The molecule has 0 radical (unpaired) electrons. The van der Waals surface area contributed by atoms with Crippen LogP contribution in [0.3, 0.4) is 0 Å². The number of ether oxygens (including phenoxy) is 1. The van der Waals surface area contributed by atoms with Crippen LogP contribution in [0.5, 0.6) is 0 Å². The summed E-state index contributed by atoms with van der Waals surface area (Å²) in [5.74, 6) is 0. The van der Waals surface area contributed by atoms with Gasteiger partial charge in [0, 0.05) is 24.8 Å². The van der Waals surface area contributed by atoms with Crippen molar-refractivity contribution in [3.05, 3.63) is 47.9 Å². The zero-order valence-electron chi connectivity index (χ0n) is 16.3. The van der Waals surface area contributed by atoms with Gasteiger partial charge in [0.05, 0.1) is 24.4 Å². The minimum atomic E-state index is -0.498. The first kappa shape index (κ1) is 19.4. The molecule has 3 aromatic rings. The molecule has 0 saturated heterocycles. The van der Waals surface area contributed by atoms with Gasteiger partial charge in [-0.2, -0.15) is 5.26 Å². The monoisotopic (exact) mass is 380 g/mol. The van der Waals surface area contributed by atoms with Crippen molar-refractivity contribution in [1.29, 1.82) is 5.26 Å². The van der Waals surface area contributed by atoms with Gasteiger partial charge in [-0.05, 0) is 50.8 Å². The number of alkyl carbamates (subject to hydrolysis) is 1. The summed E-state index contributed by atoms with van der Waals surface area (Å²) < 4.78 is 9.01. The van der Waals surface area contributed by atoms with E-state index in [0.29, 0.717) is 25.2 Å². The van der Waals surface area contributed by atoms with Gasteiger partial charge in [0.1, 0.15) is 11.3 Å². The first-order valence-electron chi connectivity index (χ1n) is 9.19. The number of aryl methyl sites for hydroxylation is 1. The Hall–Kier alpha value is -3.34. The van der Waals surface area contributed by atoms with Gasteiger partial charge in [0.15, 0.2) is 0 Å². The summed E-state index contributed by atoms with van der Waals surface area (Å²) in [7, 11) is 0. The highest BCUT2D eigenvalue weighted by molar-refractivity contribution is 5.81. The molecule has 28 heavy (non-hydrogen) atoms. The third-order valence-corrected chi connectivity index (χ3v) is 4.05. The van der Waals surface area contributed by atoms with Gasteiger partial charge < -0.3 is 14.6 Å². The van der Waals surface area contributed by atoms with Crippen LogP contribution in [0.1, 0.15) is 38.4 Å². The van der Waals surface area contributed by atoms with E-state index >= 15 is 0 Å². The Labute approximate surface area is 163 Å². The van der Waals surface area contributed by atoms with Crippen molar-refractivity contribution in [1.82, 2.24) is 24.9 Å². The van der Waals surface area contributed by atoms with E-state index in [0.717, 1.165) is 23.0 Å². The molecule has 8 nitrogen and oxygen atoms in total. The van der Waals surface area contributed by atoms with Crippen LogP contribution < -0.4 is 5.32 Å². The maximum Gasteiger partial charge on any atom is 0.407 e. The highest BCUT2D eigenvalue weighted by Crippen LogP contribution is 2.18. The lowest BCUT2D eigenvalue weighted by Crippen LogP contribution is -2.33. The summed E-state index contributed by atoms with van der Waals surface area (Å²) >= 11 is 0. The fraction of sp³-hybridized carbons (Fsp3) is 0.400. The molecule has 1 aromatic carbocycles. The van der Waals surface area contributed by atoms with Crippen LogP contribution in [0.2, 0.25) is 0 Å². The van der Waals surface area contributed by atoms with Crippen LogP contribution in [-0.4, -0.2) is 37.8 Å². The largest absolute Gasteiger partial charge is 0.444 e. The predicted octanol–water partition coefficient (Wildman–Crippen LogP) is 3.07. The summed E-state index contributed by atoms with van der Waals surface area (Å²) in [5, 5.41) is 21.3. The Balaban J connectivity index is 1.52. The van der Waals surface area contributed by atoms with Crippen LogP contribution >= 0.6 is 0 Å². The van der Waals surface area contributed by atoms with Crippen molar-refractivity contribution in [3.63, 3.8) is 0 Å². The Bertz CT molecular complexity index is 1010. The molecular weight excluding hydrogens is 356 g/mol. The van der Waals surface area contributed by atoms with E-state index in [-0.39, 0.29) is 0 Å². The number of carbonyl (C=O) groups is 1. The predicted molar refractivity (Wildman–Crippen MR) is 105 cm³/mol. The van der Waals surface area contributed by atoms with Crippen LogP contribution in [0.25, 0.3) is 10.9 Å². The molecule has 2 heterocycles. The van der Waals surface area contributed by atoms with Gasteiger partial charge in [-0.15, -0.1) is 5.10 Å². The van der Waals surface area contributed by atoms with Crippen molar-refractivity contribution in [2.75, 3.05) is 6.54 Å². The SMILES string of the molecule is CC(C)(C)OC(=O)NCCCn1cc(Cn2ccc3ccc(C#N)cc32)nn1. The van der Waals surface area contributed by atoms with E-state index in [1.54, 1.807) is 4.68 Å². The topological polar surface area (TPSA) is 97.8 Å². The second-order valence-corrected chi connectivity index (χ2v) is 7.58. The van der Waals surface area contributed by atoms with E-state index in [2.05, 4.69) is 26.3 Å². The molecular formula is C20H24N6O2. The molecule has 3 rings (SSSR count). The van der Waals surface area contributed by atoms with Crippen molar-refractivity contribution < 1.29 is 9.53 Å². The molecule has 0 fully saturated rings. The number of rotatable bonds is 6. The van der Waals surface area contributed by atoms with Crippen molar-refractivity contribution in [2.24, 2.45) is 0 Å². The number of carbonyl (C=O) groups excluding carboxylic acids is 1. The Morgan fingerprint density at radius 1 is 1.32 bits per heavy atom. The average Bonchev–Trinajstić information content (AvgIpc) is 3.24. The van der Waals surface area contributed by atoms with Crippen LogP contribution in [-0.2, 0) is 17.8 Å². The second-order valence-electron chi connectivity index (χ2n) is 7.58. The molecule has 0 aliphatic heterocycles. The lowest BCUT2D eigenvalue weighted by molar-refractivity contribution is 0.0526. The number of aromatic nitrogens is 4. The van der Waals surface area contributed by atoms with E-state index < -0.39 is 11.7 Å². The van der Waals surface area contributed by atoms with Crippen LogP contribution in [0, 0.1) is 11.3 Å². The van der Waals surface area contributed by atoms with E-state index in [1.807, 2.05) is 57.4 Å². The van der Waals surface area contributed by atoms with E-state index in [9.17, 15) is 4.79 Å². The van der Waals surface area contributed by atoms with Gasteiger partial charge in [-0.25, -0.2) is 4.79 Å². The molecule has 0 aliphatic carbocycles. The zero-order valence-corrected chi connectivity index (χ0v) is 16.3. The number of nitriles is 1. The Kier molecular flexibility index (Phi) is 5.64. The van der Waals surface area contributed by atoms with Crippen LogP contribution in [0.4, 0.5) is 4.79 Å². The minimum Gasteiger partial charge on any atom is -0.444 e. The smallest absolute Gasteiger partial charge is 0.407 e. The number of hydrogen-bond donors (Lipinski definition) is 1. The first-order chi connectivity index (χ1) is 13.3. The van der Waals surface area contributed by atoms with E-state index in [1.165, 1.54) is 0 Å². The fourth-order valence-corrected chi connectivity index (χ4v) is 2.83. The summed E-state index contributed by atoms with van der Waals surface area (Å²) in [6.07, 6.45) is 4.19. The summed E-state index contributed by atoms with van der Waals surface area (Å²) in [6, 6.07) is 9.82. The van der Waals surface area contributed by atoms with Gasteiger partial charge in [-0.1, -0.05) is 11.3 Å². The number of amides is 1. The molecule has 0 unspecified atom stereocenters. The number of fused-ring (bicyclic) bond motifs is 1. The zero-order chi connectivity index (χ0) is 20.1. The summed E-state index contributed by atoms with van der Waals surface area (Å²) in [5.41, 5.74) is 1.96. The van der Waals surface area contributed by atoms with Crippen molar-refractivity contribution >= 4 is 17.0 Å².